The van der Waals surface area contributed by atoms with Crippen molar-refractivity contribution in [2.24, 2.45) is 0 Å². The third-order valence-corrected chi connectivity index (χ3v) is 6.38. The van der Waals surface area contributed by atoms with Crippen LogP contribution in [-0.2, 0) is 26.0 Å². The maximum absolute atomic E-state index is 12.9. The lowest BCUT2D eigenvalue weighted by molar-refractivity contribution is -0.136. The van der Waals surface area contributed by atoms with E-state index in [0.717, 1.165) is 0 Å². The van der Waals surface area contributed by atoms with E-state index in [9.17, 15) is 18.0 Å². The number of aliphatic carboxylic acids is 1. The van der Waals surface area contributed by atoms with Gasteiger partial charge in [0.1, 0.15) is 18.4 Å². The molecule has 0 aliphatic heterocycles. The summed E-state index contributed by atoms with van der Waals surface area (Å²) < 4.78 is 34.3. The van der Waals surface area contributed by atoms with E-state index in [1.807, 2.05) is 0 Å². The number of aromatic nitrogens is 1. The van der Waals surface area contributed by atoms with Crippen molar-refractivity contribution < 1.29 is 27.9 Å². The van der Waals surface area contributed by atoms with Crippen molar-refractivity contribution in [2.45, 2.75) is 17.4 Å². The monoisotopic (exact) mass is 533 g/mol. The highest BCUT2D eigenvalue weighted by molar-refractivity contribution is 9.10. The van der Waals surface area contributed by atoms with Crippen molar-refractivity contribution in [3.05, 3.63) is 83.1 Å². The number of carboxylic acids is 1. The molecule has 0 saturated carbocycles. The van der Waals surface area contributed by atoms with Gasteiger partial charge in [-0.2, -0.15) is 4.72 Å². The first-order chi connectivity index (χ1) is 15.7. The first-order valence-electron chi connectivity index (χ1n) is 9.65. The van der Waals surface area contributed by atoms with E-state index < -0.39 is 27.9 Å². The van der Waals surface area contributed by atoms with Crippen LogP contribution in [-0.4, -0.2) is 43.0 Å². The van der Waals surface area contributed by atoms with E-state index in [1.165, 1.54) is 18.3 Å². The van der Waals surface area contributed by atoms with Gasteiger partial charge in [0.2, 0.25) is 15.9 Å². The average molecular weight is 534 g/mol. The zero-order chi connectivity index (χ0) is 23.8. The number of carbonyl (C=O) groups excluding carboxylic acids is 1. The van der Waals surface area contributed by atoms with Gasteiger partial charge in [-0.05, 0) is 54.1 Å². The maximum atomic E-state index is 12.9. The van der Waals surface area contributed by atoms with Crippen molar-refractivity contribution in [3.8, 4) is 5.75 Å². The summed E-state index contributed by atoms with van der Waals surface area (Å²) in [5.41, 5.74) is 0.941. The number of benzene rings is 2. The van der Waals surface area contributed by atoms with Crippen LogP contribution in [0.2, 0.25) is 0 Å². The van der Waals surface area contributed by atoms with E-state index >= 15 is 0 Å². The molecule has 1 heterocycles. The Morgan fingerprint density at radius 1 is 1.06 bits per heavy atom. The number of hydrogen-bond donors (Lipinski definition) is 3. The number of pyridine rings is 1. The topological polar surface area (TPSA) is 135 Å². The van der Waals surface area contributed by atoms with E-state index in [2.05, 4.69) is 31.0 Å². The molecular weight excluding hydrogens is 514 g/mol. The molecule has 0 aliphatic rings. The second-order valence-electron chi connectivity index (χ2n) is 6.88. The summed E-state index contributed by atoms with van der Waals surface area (Å²) in [7, 11) is -4.03. The molecule has 1 aromatic heterocycles. The van der Waals surface area contributed by atoms with Gasteiger partial charge < -0.3 is 15.2 Å². The average Bonchev–Trinajstić information content (AvgIpc) is 2.78. The Hall–Kier alpha value is -3.28. The molecule has 3 aromatic rings. The van der Waals surface area contributed by atoms with Crippen molar-refractivity contribution in [1.82, 2.24) is 9.71 Å². The lowest BCUT2D eigenvalue weighted by atomic mass is 10.1. The summed E-state index contributed by atoms with van der Waals surface area (Å²) in [4.78, 5) is 27.7. The Labute approximate surface area is 199 Å². The summed E-state index contributed by atoms with van der Waals surface area (Å²) in [6.45, 7) is -0.287. The fraction of sp³-hybridized carbons (Fsp3) is 0.136. The number of rotatable bonds is 10. The fourth-order valence-corrected chi connectivity index (χ4v) is 4.20. The number of nitrogens with zero attached hydrogens (tertiary/aromatic N) is 1. The molecule has 1 amide bonds. The SMILES string of the molecule is O=C(O)Cc1ccc(NC(=O)[C@H](COc2cccnc2)NS(=O)(=O)c2ccc(Br)cc2)cc1. The number of ether oxygens (including phenoxy) is 1. The van der Waals surface area contributed by atoms with Gasteiger partial charge in [0.05, 0.1) is 17.5 Å². The number of anilines is 1. The van der Waals surface area contributed by atoms with Crippen molar-refractivity contribution in [2.75, 3.05) is 11.9 Å². The second kappa shape index (κ2) is 11.0. The standard InChI is InChI=1S/C22H20BrN3O6S/c23-16-5-9-19(10-6-16)33(30,31)26-20(14-32-18-2-1-11-24-13-18)22(29)25-17-7-3-15(4-8-17)12-21(27)28/h1-11,13,20,26H,12,14H2,(H,25,29)(H,27,28)/t20-/m0/s1. The number of hydrogen-bond acceptors (Lipinski definition) is 6. The highest BCUT2D eigenvalue weighted by Crippen LogP contribution is 2.16. The van der Waals surface area contributed by atoms with Crippen LogP contribution in [0, 0.1) is 0 Å². The molecule has 3 N–H and O–H groups in total. The Balaban J connectivity index is 1.77. The summed E-state index contributed by atoms with van der Waals surface area (Å²) >= 11 is 3.25. The predicted molar refractivity (Wildman–Crippen MR) is 124 cm³/mol. The largest absolute Gasteiger partial charge is 0.490 e. The van der Waals surface area contributed by atoms with Crippen molar-refractivity contribution in [3.63, 3.8) is 0 Å². The van der Waals surface area contributed by atoms with E-state index in [1.54, 1.807) is 54.7 Å². The Morgan fingerprint density at radius 2 is 1.76 bits per heavy atom. The fourth-order valence-electron chi connectivity index (χ4n) is 2.75. The molecule has 172 valence electrons. The molecule has 0 bridgehead atoms. The number of carbonyl (C=O) groups is 2. The van der Waals surface area contributed by atoms with Crippen LogP contribution >= 0.6 is 15.9 Å². The third kappa shape index (κ3) is 7.38. The first kappa shape index (κ1) is 24.4. The number of sulfonamides is 1. The summed E-state index contributed by atoms with van der Waals surface area (Å²) in [5.74, 6) is -1.25. The van der Waals surface area contributed by atoms with Crippen LogP contribution in [0.25, 0.3) is 0 Å². The summed E-state index contributed by atoms with van der Waals surface area (Å²) in [5, 5.41) is 11.5. The summed E-state index contributed by atoms with van der Waals surface area (Å²) in [6, 6.07) is 14.2. The van der Waals surface area contributed by atoms with Crippen molar-refractivity contribution in [1.29, 1.82) is 0 Å². The zero-order valence-corrected chi connectivity index (χ0v) is 19.5. The predicted octanol–water partition coefficient (Wildman–Crippen LogP) is 2.84. The molecule has 9 nitrogen and oxygen atoms in total. The quantitative estimate of drug-likeness (QED) is 0.364. The molecule has 0 fully saturated rings. The number of nitrogens with one attached hydrogen (secondary N) is 2. The minimum Gasteiger partial charge on any atom is -0.490 e. The Bertz CT molecular complexity index is 1200. The van der Waals surface area contributed by atoms with E-state index in [-0.39, 0.29) is 17.9 Å². The summed E-state index contributed by atoms with van der Waals surface area (Å²) in [6.07, 6.45) is 2.85. The van der Waals surface area contributed by atoms with Gasteiger partial charge >= 0.3 is 5.97 Å². The maximum Gasteiger partial charge on any atom is 0.307 e. The number of halogens is 1. The normalized spacial score (nSPS) is 12.0. The number of carboxylic acid groups (broad SMARTS) is 1. The molecular formula is C22H20BrN3O6S. The number of amides is 1. The molecule has 1 atom stereocenters. The van der Waals surface area contributed by atoms with Gasteiger partial charge in [-0.3, -0.25) is 14.6 Å². The van der Waals surface area contributed by atoms with E-state index in [4.69, 9.17) is 9.84 Å². The molecule has 2 aromatic carbocycles. The van der Waals surface area contributed by atoms with Crippen LogP contribution in [0.3, 0.4) is 0 Å². The van der Waals surface area contributed by atoms with Crippen LogP contribution < -0.4 is 14.8 Å². The van der Waals surface area contributed by atoms with Crippen LogP contribution in [0.4, 0.5) is 5.69 Å². The molecule has 0 spiro atoms. The lowest BCUT2D eigenvalue weighted by Crippen LogP contribution is -2.47. The Kier molecular flexibility index (Phi) is 8.15. The van der Waals surface area contributed by atoms with Crippen LogP contribution in [0.5, 0.6) is 5.75 Å². The third-order valence-electron chi connectivity index (χ3n) is 4.37. The molecule has 11 heteroatoms. The Morgan fingerprint density at radius 3 is 2.36 bits per heavy atom. The van der Waals surface area contributed by atoms with Crippen LogP contribution in [0.1, 0.15) is 5.56 Å². The highest BCUT2D eigenvalue weighted by atomic mass is 79.9. The smallest absolute Gasteiger partial charge is 0.307 e. The van der Waals surface area contributed by atoms with Gasteiger partial charge in [-0.15, -0.1) is 0 Å². The molecule has 33 heavy (non-hydrogen) atoms. The van der Waals surface area contributed by atoms with Gasteiger partial charge in [-0.1, -0.05) is 28.1 Å². The van der Waals surface area contributed by atoms with Crippen LogP contribution in [0.15, 0.2) is 82.4 Å². The van der Waals surface area contributed by atoms with E-state index in [0.29, 0.717) is 21.5 Å². The van der Waals surface area contributed by atoms with Gasteiger partial charge in [0, 0.05) is 16.4 Å². The lowest BCUT2D eigenvalue weighted by Gasteiger charge is -2.19. The first-order valence-corrected chi connectivity index (χ1v) is 11.9. The van der Waals surface area contributed by atoms with Gasteiger partial charge in [0.15, 0.2) is 0 Å². The van der Waals surface area contributed by atoms with Gasteiger partial charge in [-0.25, -0.2) is 8.42 Å². The molecule has 0 unspecified atom stereocenters. The molecule has 0 radical (unpaired) electrons. The minimum atomic E-state index is -4.03. The zero-order valence-electron chi connectivity index (χ0n) is 17.1. The minimum absolute atomic E-state index is 0.0112. The molecule has 0 aliphatic carbocycles. The van der Waals surface area contributed by atoms with Crippen molar-refractivity contribution >= 4 is 43.5 Å². The molecule has 3 rings (SSSR count). The molecule has 0 saturated heterocycles. The van der Waals surface area contributed by atoms with Gasteiger partial charge in [0.25, 0.3) is 0 Å². The second-order valence-corrected chi connectivity index (χ2v) is 9.51. The highest BCUT2D eigenvalue weighted by Gasteiger charge is 2.27.